The molecule has 0 aromatic carbocycles. The van der Waals surface area contributed by atoms with Crippen LogP contribution in [0.3, 0.4) is 0 Å². The Hall–Kier alpha value is -1.50. The van der Waals surface area contributed by atoms with E-state index in [1.54, 1.807) is 7.11 Å². The van der Waals surface area contributed by atoms with Crippen molar-refractivity contribution in [3.63, 3.8) is 0 Å². The van der Waals surface area contributed by atoms with Crippen LogP contribution in [0.25, 0.3) is 5.57 Å². The van der Waals surface area contributed by atoms with Crippen LogP contribution in [-0.2, 0) is 11.2 Å². The molecule has 20 heavy (non-hydrogen) atoms. The van der Waals surface area contributed by atoms with Gasteiger partial charge in [-0.2, -0.15) is 0 Å². The van der Waals surface area contributed by atoms with Crippen LogP contribution in [0.5, 0.6) is 0 Å². The molecule has 1 heterocycles. The summed E-state index contributed by atoms with van der Waals surface area (Å²) in [6, 6.07) is 0. The van der Waals surface area contributed by atoms with Crippen LogP contribution in [0.1, 0.15) is 17.7 Å². The standard InChI is InChI=1S/C14H18N2O4/c1-20-5-7-4-10(13(18)12(7)17)8-2-3-9-11(8)15-6-16-14(9)19/h2,6-7,10,12-13,17-18H,3-5H2,1H3,(H,15,16,19)/t7-,10+,12-,13+/m1/s1. The molecule has 6 nitrogen and oxygen atoms in total. The van der Waals surface area contributed by atoms with E-state index in [0.29, 0.717) is 30.7 Å². The molecule has 1 fully saturated rings. The van der Waals surface area contributed by atoms with E-state index in [1.807, 2.05) is 6.08 Å². The van der Waals surface area contributed by atoms with E-state index in [-0.39, 0.29) is 17.4 Å². The average Bonchev–Trinajstić information content (AvgIpc) is 2.97. The van der Waals surface area contributed by atoms with Gasteiger partial charge in [-0.15, -0.1) is 0 Å². The third kappa shape index (κ3) is 2.00. The van der Waals surface area contributed by atoms with Crippen LogP contribution in [0.15, 0.2) is 17.2 Å². The lowest BCUT2D eigenvalue weighted by atomic mass is 9.93. The normalized spacial score (nSPS) is 32.2. The minimum atomic E-state index is -0.839. The molecule has 0 saturated heterocycles. The minimum Gasteiger partial charge on any atom is -0.390 e. The molecule has 0 aliphatic heterocycles. The van der Waals surface area contributed by atoms with E-state index >= 15 is 0 Å². The van der Waals surface area contributed by atoms with Crippen LogP contribution in [0.2, 0.25) is 0 Å². The number of ether oxygens (including phenoxy) is 1. The zero-order chi connectivity index (χ0) is 14.3. The lowest BCUT2D eigenvalue weighted by Gasteiger charge is -2.18. The zero-order valence-corrected chi connectivity index (χ0v) is 11.2. The first-order valence-corrected chi connectivity index (χ1v) is 6.75. The molecule has 108 valence electrons. The molecule has 3 N–H and O–H groups in total. The third-order valence-corrected chi connectivity index (χ3v) is 4.33. The molecule has 2 aliphatic carbocycles. The second-order valence-corrected chi connectivity index (χ2v) is 5.46. The molecule has 2 aliphatic rings. The summed E-state index contributed by atoms with van der Waals surface area (Å²) in [6.07, 6.45) is 2.84. The molecular weight excluding hydrogens is 260 g/mol. The number of rotatable bonds is 3. The van der Waals surface area contributed by atoms with Crippen LogP contribution in [0, 0.1) is 11.8 Å². The van der Waals surface area contributed by atoms with Crippen molar-refractivity contribution in [2.75, 3.05) is 13.7 Å². The summed E-state index contributed by atoms with van der Waals surface area (Å²) >= 11 is 0. The van der Waals surface area contributed by atoms with Crippen LogP contribution < -0.4 is 5.56 Å². The van der Waals surface area contributed by atoms with Gasteiger partial charge < -0.3 is 19.9 Å². The van der Waals surface area contributed by atoms with Crippen molar-refractivity contribution < 1.29 is 14.9 Å². The van der Waals surface area contributed by atoms with E-state index in [0.717, 1.165) is 5.57 Å². The van der Waals surface area contributed by atoms with Crippen molar-refractivity contribution in [3.05, 3.63) is 34.0 Å². The summed E-state index contributed by atoms with van der Waals surface area (Å²) in [6.45, 7) is 0.414. The van der Waals surface area contributed by atoms with E-state index in [2.05, 4.69) is 9.97 Å². The highest BCUT2D eigenvalue weighted by Gasteiger charge is 2.44. The molecule has 0 spiro atoms. The van der Waals surface area contributed by atoms with E-state index in [9.17, 15) is 15.0 Å². The third-order valence-electron chi connectivity index (χ3n) is 4.33. The molecule has 1 saturated carbocycles. The second-order valence-electron chi connectivity index (χ2n) is 5.46. The summed E-state index contributed by atoms with van der Waals surface area (Å²) in [4.78, 5) is 18.5. The van der Waals surface area contributed by atoms with Gasteiger partial charge in [0.25, 0.3) is 5.56 Å². The van der Waals surface area contributed by atoms with Crippen LogP contribution in [-0.4, -0.2) is 46.1 Å². The van der Waals surface area contributed by atoms with Gasteiger partial charge in [0, 0.05) is 24.5 Å². The number of nitrogens with zero attached hydrogens (tertiary/aromatic N) is 1. The van der Waals surface area contributed by atoms with Gasteiger partial charge in [-0.05, 0) is 18.4 Å². The largest absolute Gasteiger partial charge is 0.390 e. The van der Waals surface area contributed by atoms with Crippen molar-refractivity contribution in [2.24, 2.45) is 11.8 Å². The quantitative estimate of drug-likeness (QED) is 0.706. The minimum absolute atomic E-state index is 0.0908. The first-order chi connectivity index (χ1) is 9.63. The van der Waals surface area contributed by atoms with E-state index in [4.69, 9.17) is 4.74 Å². The number of nitrogens with one attached hydrogen (secondary N) is 1. The number of hydrogen-bond donors (Lipinski definition) is 3. The number of aliphatic hydroxyl groups excluding tert-OH is 2. The number of H-pyrrole nitrogens is 1. The smallest absolute Gasteiger partial charge is 0.254 e. The highest BCUT2D eigenvalue weighted by Crippen LogP contribution is 2.42. The maximum atomic E-state index is 11.7. The van der Waals surface area contributed by atoms with E-state index in [1.165, 1.54) is 6.33 Å². The van der Waals surface area contributed by atoms with Gasteiger partial charge in [0.1, 0.15) is 0 Å². The predicted octanol–water partition coefficient (Wildman–Crippen LogP) is -0.286. The maximum Gasteiger partial charge on any atom is 0.254 e. The Bertz CT molecular complexity index is 595. The molecule has 0 radical (unpaired) electrons. The van der Waals surface area contributed by atoms with E-state index < -0.39 is 12.2 Å². The first-order valence-electron chi connectivity index (χ1n) is 6.75. The number of aromatic nitrogens is 2. The Balaban J connectivity index is 1.89. The van der Waals surface area contributed by atoms with Crippen molar-refractivity contribution in [1.82, 2.24) is 9.97 Å². The Kier molecular flexibility index (Phi) is 3.45. The van der Waals surface area contributed by atoms with Gasteiger partial charge >= 0.3 is 0 Å². The fourth-order valence-electron chi connectivity index (χ4n) is 3.32. The number of allylic oxidation sites excluding steroid dienone is 1. The molecule has 0 amide bonds. The molecule has 4 atom stereocenters. The molecular formula is C14H18N2O4. The molecule has 0 unspecified atom stereocenters. The topological polar surface area (TPSA) is 95.4 Å². The highest BCUT2D eigenvalue weighted by molar-refractivity contribution is 5.72. The summed E-state index contributed by atoms with van der Waals surface area (Å²) < 4.78 is 5.08. The number of aliphatic hydroxyl groups is 2. The first kappa shape index (κ1) is 13.5. The van der Waals surface area contributed by atoms with Crippen molar-refractivity contribution in [3.8, 4) is 0 Å². The number of hydrogen-bond acceptors (Lipinski definition) is 5. The van der Waals surface area contributed by atoms with Gasteiger partial charge in [-0.25, -0.2) is 4.98 Å². The summed E-state index contributed by atoms with van der Waals surface area (Å²) in [5, 5.41) is 20.3. The summed E-state index contributed by atoms with van der Waals surface area (Å²) in [7, 11) is 1.58. The van der Waals surface area contributed by atoms with Gasteiger partial charge in [-0.3, -0.25) is 4.79 Å². The molecule has 0 bridgehead atoms. The number of aromatic amines is 1. The molecule has 3 rings (SSSR count). The fraction of sp³-hybridized carbons (Fsp3) is 0.571. The Morgan fingerprint density at radius 3 is 3.00 bits per heavy atom. The Morgan fingerprint density at radius 2 is 2.25 bits per heavy atom. The average molecular weight is 278 g/mol. The lowest BCUT2D eigenvalue weighted by Crippen LogP contribution is -2.30. The van der Waals surface area contributed by atoms with Crippen LogP contribution >= 0.6 is 0 Å². The van der Waals surface area contributed by atoms with Crippen molar-refractivity contribution >= 4 is 5.57 Å². The lowest BCUT2D eigenvalue weighted by molar-refractivity contribution is -0.00549. The highest BCUT2D eigenvalue weighted by atomic mass is 16.5. The monoisotopic (exact) mass is 278 g/mol. The summed E-state index contributed by atoms with van der Waals surface area (Å²) in [5.41, 5.74) is 2.03. The molecule has 6 heteroatoms. The molecule has 1 aromatic heterocycles. The van der Waals surface area contributed by atoms with Gasteiger partial charge in [-0.1, -0.05) is 6.08 Å². The zero-order valence-electron chi connectivity index (χ0n) is 11.2. The fourth-order valence-corrected chi connectivity index (χ4v) is 3.32. The second kappa shape index (κ2) is 5.12. The van der Waals surface area contributed by atoms with Gasteiger partial charge in [0.15, 0.2) is 0 Å². The number of methoxy groups -OCH3 is 1. The SMILES string of the molecule is COC[C@H]1C[C@@H](C2=CCc3c2nc[nH]c3=O)[C@H](O)[C@@H]1O. The Labute approximate surface area is 116 Å². The van der Waals surface area contributed by atoms with Crippen LogP contribution in [0.4, 0.5) is 0 Å². The predicted molar refractivity (Wildman–Crippen MR) is 72.0 cm³/mol. The van der Waals surface area contributed by atoms with Gasteiger partial charge in [0.05, 0.1) is 30.8 Å². The summed E-state index contributed by atoms with van der Waals surface area (Å²) in [5.74, 6) is -0.285. The molecule has 1 aromatic rings. The maximum absolute atomic E-state index is 11.7. The Morgan fingerprint density at radius 1 is 1.45 bits per heavy atom. The van der Waals surface area contributed by atoms with Crippen molar-refractivity contribution in [2.45, 2.75) is 25.0 Å². The van der Waals surface area contributed by atoms with Gasteiger partial charge in [0.2, 0.25) is 0 Å². The number of fused-ring (bicyclic) bond motifs is 1. The van der Waals surface area contributed by atoms with Crippen molar-refractivity contribution in [1.29, 1.82) is 0 Å².